The van der Waals surface area contributed by atoms with E-state index >= 15 is 0 Å². The Morgan fingerprint density at radius 2 is 1.60 bits per heavy atom. The van der Waals surface area contributed by atoms with Crippen LogP contribution in [0.4, 0.5) is 18.9 Å². The fourth-order valence-electron chi connectivity index (χ4n) is 6.43. The lowest BCUT2D eigenvalue weighted by molar-refractivity contribution is -0.137. The molecule has 1 aliphatic heterocycles. The molecule has 1 saturated heterocycles. The molecule has 226 valence electrons. The predicted molar refractivity (Wildman–Crippen MR) is 156 cm³/mol. The molecule has 2 heterocycles. The van der Waals surface area contributed by atoms with E-state index in [0.717, 1.165) is 66.7 Å². The average molecular weight is 611 g/mol. The van der Waals surface area contributed by atoms with Gasteiger partial charge in [0.25, 0.3) is 0 Å². The maximum absolute atomic E-state index is 13.6. The van der Waals surface area contributed by atoms with E-state index in [-0.39, 0.29) is 35.5 Å². The van der Waals surface area contributed by atoms with Gasteiger partial charge in [-0.25, -0.2) is 13.1 Å². The van der Waals surface area contributed by atoms with Crippen LogP contribution in [-0.4, -0.2) is 48.6 Å². The van der Waals surface area contributed by atoms with E-state index in [0.29, 0.717) is 25.2 Å². The van der Waals surface area contributed by atoms with Gasteiger partial charge >= 0.3 is 6.18 Å². The third-order valence-electron chi connectivity index (χ3n) is 9.22. The summed E-state index contributed by atoms with van der Waals surface area (Å²) in [7, 11) is -3.01. The first-order valence-electron chi connectivity index (χ1n) is 14.7. The lowest BCUT2D eigenvalue weighted by atomic mass is 9.72. The summed E-state index contributed by atoms with van der Waals surface area (Å²) in [5.41, 5.74) is 2.50. The fraction of sp³-hybridized carbons (Fsp3) is 0.469. The maximum Gasteiger partial charge on any atom is 0.416 e. The Hall–Kier alpha value is -3.65. The summed E-state index contributed by atoms with van der Waals surface area (Å²) in [6, 6.07) is 15.0. The smallest absolute Gasteiger partial charge is 0.369 e. The number of benzene rings is 2. The molecule has 0 amide bonds. The van der Waals surface area contributed by atoms with Gasteiger partial charge < -0.3 is 4.90 Å². The molecule has 3 aliphatic rings. The van der Waals surface area contributed by atoms with Crippen molar-refractivity contribution in [3.8, 4) is 22.9 Å². The lowest BCUT2D eigenvalue weighted by Gasteiger charge is -2.31. The molecule has 7 nitrogen and oxygen atoms in total. The van der Waals surface area contributed by atoms with Crippen molar-refractivity contribution in [2.24, 2.45) is 11.3 Å². The number of carbonyl (C=O) groups is 1. The van der Waals surface area contributed by atoms with E-state index < -0.39 is 27.0 Å². The van der Waals surface area contributed by atoms with Crippen molar-refractivity contribution < 1.29 is 26.4 Å². The van der Waals surface area contributed by atoms with Crippen molar-refractivity contribution >= 4 is 21.3 Å². The molecule has 0 bridgehead atoms. The number of alkyl halides is 3. The zero-order chi connectivity index (χ0) is 30.4. The number of aromatic nitrogens is 2. The number of rotatable bonds is 7. The summed E-state index contributed by atoms with van der Waals surface area (Å²) in [6.45, 7) is 0.851. The highest BCUT2D eigenvalue weighted by Crippen LogP contribution is 2.51. The summed E-state index contributed by atoms with van der Waals surface area (Å²) in [5, 5.41) is 14.5. The molecular formula is C32H33F3N4O3S. The third kappa shape index (κ3) is 6.21. The van der Waals surface area contributed by atoms with Crippen LogP contribution in [0.2, 0.25) is 0 Å². The van der Waals surface area contributed by atoms with Crippen LogP contribution in [0.5, 0.6) is 0 Å². The zero-order valence-corrected chi connectivity index (χ0v) is 24.5. The molecule has 0 radical (unpaired) electrons. The van der Waals surface area contributed by atoms with Crippen LogP contribution in [-0.2, 0) is 20.8 Å². The Kier molecular flexibility index (Phi) is 7.61. The Morgan fingerprint density at radius 1 is 0.977 bits per heavy atom. The minimum Gasteiger partial charge on any atom is -0.369 e. The second-order valence-corrected chi connectivity index (χ2v) is 14.4. The van der Waals surface area contributed by atoms with Crippen LogP contribution < -0.4 is 4.90 Å². The second-order valence-electron chi connectivity index (χ2n) is 12.1. The number of nitrogens with zero attached hydrogens (tertiary/aromatic N) is 4. The minimum atomic E-state index is -4.45. The van der Waals surface area contributed by atoms with Gasteiger partial charge in [-0.05, 0) is 67.6 Å². The first kappa shape index (κ1) is 29.4. The molecule has 3 fully saturated rings. The highest BCUT2D eigenvalue weighted by Gasteiger charge is 2.47. The number of carbonyl (C=O) groups excluding carboxylic acids is 1. The summed E-state index contributed by atoms with van der Waals surface area (Å²) < 4.78 is 65.0. The van der Waals surface area contributed by atoms with Crippen LogP contribution in [0.15, 0.2) is 54.7 Å². The molecule has 11 heteroatoms. The van der Waals surface area contributed by atoms with Gasteiger partial charge in [0.15, 0.2) is 9.84 Å². The molecule has 2 aromatic carbocycles. The number of Topliss-reactive ketones (excluding diaryl/α,β-unsaturated/α-hetero) is 1. The third-order valence-corrected chi connectivity index (χ3v) is 10.8. The average Bonchev–Trinajstić information content (AvgIpc) is 3.63. The number of nitriles is 1. The molecule has 2 atom stereocenters. The van der Waals surface area contributed by atoms with Crippen molar-refractivity contribution in [1.82, 2.24) is 9.78 Å². The highest BCUT2D eigenvalue weighted by atomic mass is 32.2. The first-order chi connectivity index (χ1) is 20.5. The number of halogens is 3. The molecule has 1 aromatic heterocycles. The summed E-state index contributed by atoms with van der Waals surface area (Å²) >= 11 is 0. The topological polar surface area (TPSA) is 96.1 Å². The zero-order valence-electron chi connectivity index (χ0n) is 23.7. The molecule has 0 unspecified atom stereocenters. The van der Waals surface area contributed by atoms with Crippen LogP contribution in [0.3, 0.4) is 0 Å². The molecule has 0 N–H and O–H groups in total. The predicted octanol–water partition coefficient (Wildman–Crippen LogP) is 6.33. The Balaban J connectivity index is 1.35. The summed E-state index contributed by atoms with van der Waals surface area (Å²) in [4.78, 5) is 15.6. The Morgan fingerprint density at radius 3 is 2.21 bits per heavy atom. The van der Waals surface area contributed by atoms with E-state index in [4.69, 9.17) is 5.10 Å². The molecular weight excluding hydrogens is 577 g/mol. The van der Waals surface area contributed by atoms with Crippen LogP contribution in [0.25, 0.3) is 16.8 Å². The van der Waals surface area contributed by atoms with E-state index in [1.54, 1.807) is 4.68 Å². The van der Waals surface area contributed by atoms with Gasteiger partial charge in [-0.1, -0.05) is 25.0 Å². The van der Waals surface area contributed by atoms with Gasteiger partial charge in [0.2, 0.25) is 0 Å². The number of anilines is 1. The van der Waals surface area contributed by atoms with Crippen LogP contribution >= 0.6 is 0 Å². The van der Waals surface area contributed by atoms with Gasteiger partial charge in [-0.3, -0.25) is 4.79 Å². The van der Waals surface area contributed by atoms with Gasteiger partial charge in [0.1, 0.15) is 5.78 Å². The van der Waals surface area contributed by atoms with Gasteiger partial charge in [-0.2, -0.15) is 23.5 Å². The van der Waals surface area contributed by atoms with Crippen molar-refractivity contribution in [3.05, 3.63) is 66.0 Å². The van der Waals surface area contributed by atoms with Crippen molar-refractivity contribution in [2.45, 2.75) is 57.0 Å². The van der Waals surface area contributed by atoms with Crippen molar-refractivity contribution in [3.63, 3.8) is 0 Å². The molecule has 43 heavy (non-hydrogen) atoms. The summed E-state index contributed by atoms with van der Waals surface area (Å²) in [5.74, 6) is -0.127. The second kappa shape index (κ2) is 11.1. The largest absolute Gasteiger partial charge is 0.416 e. The van der Waals surface area contributed by atoms with Gasteiger partial charge in [0, 0.05) is 48.8 Å². The quantitative estimate of drug-likeness (QED) is 0.310. The maximum atomic E-state index is 13.6. The molecule has 2 saturated carbocycles. The van der Waals surface area contributed by atoms with Crippen LogP contribution in [0.1, 0.15) is 62.1 Å². The van der Waals surface area contributed by atoms with E-state index in [9.17, 15) is 31.6 Å². The van der Waals surface area contributed by atoms with Crippen LogP contribution in [0, 0.1) is 22.7 Å². The first-order valence-corrected chi connectivity index (χ1v) is 16.6. The van der Waals surface area contributed by atoms with E-state index in [1.165, 1.54) is 12.1 Å². The van der Waals surface area contributed by atoms with Crippen molar-refractivity contribution in [1.29, 1.82) is 5.26 Å². The highest BCUT2D eigenvalue weighted by molar-refractivity contribution is 7.91. The lowest BCUT2D eigenvalue weighted by Crippen LogP contribution is -2.40. The number of sulfone groups is 1. The number of hydrogen-bond acceptors (Lipinski definition) is 6. The molecule has 6 rings (SSSR count). The van der Waals surface area contributed by atoms with Crippen molar-refractivity contribution in [2.75, 3.05) is 29.5 Å². The SMILES string of the molecule is N#CC1(CC(=O)[C@@H]2CCCC[C@H]2c2nn(-c3ccc(C(F)(F)F)cc3)cc2-c2ccc(N3CCS(=O)(=O)CC3)cc2)CC1. The Bertz CT molecular complexity index is 1640. The minimum absolute atomic E-state index is 0.0918. The molecule has 3 aromatic rings. The molecule has 0 spiro atoms. The Labute approximate surface area is 249 Å². The van der Waals surface area contributed by atoms with Gasteiger partial charge in [-0.15, -0.1) is 0 Å². The normalized spacial score (nSPS) is 23.0. The van der Waals surface area contributed by atoms with E-state index in [1.807, 2.05) is 35.4 Å². The monoisotopic (exact) mass is 610 g/mol. The number of ketones is 1. The molecule has 2 aliphatic carbocycles. The number of hydrogen-bond donors (Lipinski definition) is 0. The van der Waals surface area contributed by atoms with Gasteiger partial charge in [0.05, 0.1) is 39.9 Å². The summed E-state index contributed by atoms with van der Waals surface area (Å²) in [6.07, 6.45) is 2.43. The standard InChI is InChI=1S/C32H33F3N4O3S/c33-32(34,35)23-7-11-25(12-8-23)39-20-28(22-5-9-24(10-6-22)38-15-17-43(41,42)18-16-38)30(37-39)27-4-2-1-3-26(27)29(40)19-31(21-36)13-14-31/h5-12,20,26-27H,1-4,13-19H2/t26-,27-/m1/s1. The van der Waals surface area contributed by atoms with E-state index in [2.05, 4.69) is 6.07 Å². The fourth-order valence-corrected chi connectivity index (χ4v) is 7.63.